The molecule has 0 spiro atoms. The molecule has 5 nitrogen and oxygen atoms in total. The Bertz CT molecular complexity index is 2390. The Hall–Kier alpha value is -6.20. The van der Waals surface area contributed by atoms with Gasteiger partial charge in [0.05, 0.1) is 0 Å². The smallest absolute Gasteiger partial charge is 0.182 e. The number of benzene rings is 6. The van der Waals surface area contributed by atoms with Gasteiger partial charge >= 0.3 is 0 Å². The summed E-state index contributed by atoms with van der Waals surface area (Å²) in [5.41, 5.74) is 4.88. The van der Waals surface area contributed by atoms with Crippen LogP contribution in [0.2, 0.25) is 0 Å². The maximum absolute atomic E-state index is 5.23. The van der Waals surface area contributed by atoms with Gasteiger partial charge in [-0.3, -0.25) is 4.98 Å². The Morgan fingerprint density at radius 1 is 0.500 bits per heavy atom. The minimum Gasteiger partial charge on any atom is -0.387 e. The summed E-state index contributed by atoms with van der Waals surface area (Å²) in [6.07, 6.45) is 7.98. The first kappa shape index (κ1) is 26.2. The van der Waals surface area contributed by atoms with Gasteiger partial charge in [-0.05, 0) is 84.7 Å². The van der Waals surface area contributed by atoms with E-state index in [2.05, 4.69) is 127 Å². The highest BCUT2D eigenvalue weighted by atomic mass is 15.0. The fourth-order valence-corrected chi connectivity index (χ4v) is 6.58. The Balaban J connectivity index is 1.31. The number of nitrogens with one attached hydrogen (secondary N) is 1. The molecule has 0 saturated carbocycles. The van der Waals surface area contributed by atoms with Gasteiger partial charge in [-0.2, -0.15) is 0 Å². The molecule has 0 bridgehead atoms. The molecule has 9 rings (SSSR count). The van der Waals surface area contributed by atoms with Gasteiger partial charge in [-0.25, -0.2) is 15.0 Å². The zero-order valence-corrected chi connectivity index (χ0v) is 24.9. The highest BCUT2D eigenvalue weighted by Gasteiger charge is 2.19. The predicted molar refractivity (Wildman–Crippen MR) is 189 cm³/mol. The largest absolute Gasteiger partial charge is 0.387 e. The van der Waals surface area contributed by atoms with Crippen LogP contribution in [0, 0.1) is 0 Å². The van der Waals surface area contributed by atoms with Crippen molar-refractivity contribution in [2.24, 2.45) is 0 Å². The summed E-state index contributed by atoms with van der Waals surface area (Å²) in [5.74, 6) is 1.78. The fraction of sp³-hybridized carbons (Fsp3) is 0.0244. The molecular formula is C41H27N5. The van der Waals surface area contributed by atoms with Crippen molar-refractivity contribution in [2.45, 2.75) is 0 Å². The van der Waals surface area contributed by atoms with E-state index >= 15 is 0 Å². The van der Waals surface area contributed by atoms with Crippen molar-refractivity contribution in [3.05, 3.63) is 151 Å². The van der Waals surface area contributed by atoms with Crippen LogP contribution >= 0.6 is 0 Å². The molecule has 1 aliphatic rings. The Morgan fingerprint density at radius 3 is 1.54 bits per heavy atom. The number of allylic oxidation sites excluding steroid dienone is 2. The van der Waals surface area contributed by atoms with Crippen molar-refractivity contribution in [1.82, 2.24) is 25.3 Å². The topological polar surface area (TPSA) is 63.6 Å². The second-order valence-corrected chi connectivity index (χ2v) is 11.6. The van der Waals surface area contributed by atoms with Gasteiger partial charge < -0.3 is 5.32 Å². The van der Waals surface area contributed by atoms with Crippen molar-refractivity contribution in [2.75, 3.05) is 6.54 Å². The van der Waals surface area contributed by atoms with Crippen LogP contribution in [0.1, 0.15) is 5.56 Å². The van der Waals surface area contributed by atoms with E-state index in [9.17, 15) is 0 Å². The summed E-state index contributed by atoms with van der Waals surface area (Å²) in [6, 6.07) is 42.4. The third-order valence-corrected chi connectivity index (χ3v) is 8.82. The first-order valence-electron chi connectivity index (χ1n) is 15.4. The van der Waals surface area contributed by atoms with Crippen LogP contribution in [0.25, 0.3) is 83.0 Å². The number of hydrogen-bond acceptors (Lipinski definition) is 5. The van der Waals surface area contributed by atoms with E-state index in [0.717, 1.165) is 44.8 Å². The van der Waals surface area contributed by atoms with Crippen molar-refractivity contribution in [1.29, 1.82) is 0 Å². The quantitative estimate of drug-likeness (QED) is 0.207. The lowest BCUT2D eigenvalue weighted by atomic mass is 9.96. The van der Waals surface area contributed by atoms with Gasteiger partial charge in [0, 0.05) is 23.9 Å². The van der Waals surface area contributed by atoms with Gasteiger partial charge in [0.2, 0.25) is 0 Å². The first-order valence-corrected chi connectivity index (χ1v) is 15.4. The van der Waals surface area contributed by atoms with E-state index < -0.39 is 0 Å². The predicted octanol–water partition coefficient (Wildman–Crippen LogP) is 9.38. The lowest BCUT2D eigenvalue weighted by Gasteiger charge is -2.14. The van der Waals surface area contributed by atoms with Gasteiger partial charge in [0.25, 0.3) is 0 Å². The summed E-state index contributed by atoms with van der Waals surface area (Å²) in [5, 5.41) is 12.5. The Labute approximate surface area is 265 Å². The molecule has 0 saturated heterocycles. The zero-order valence-electron chi connectivity index (χ0n) is 24.9. The highest BCUT2D eigenvalue weighted by Crippen LogP contribution is 2.37. The third-order valence-electron chi connectivity index (χ3n) is 8.82. The first-order chi connectivity index (χ1) is 22.8. The molecule has 6 aromatic carbocycles. The van der Waals surface area contributed by atoms with Gasteiger partial charge in [0.15, 0.2) is 17.5 Å². The summed E-state index contributed by atoms with van der Waals surface area (Å²) in [6.45, 7) is 0.766. The van der Waals surface area contributed by atoms with Crippen molar-refractivity contribution < 1.29 is 0 Å². The molecule has 0 amide bonds. The van der Waals surface area contributed by atoms with E-state index in [1.54, 1.807) is 0 Å². The van der Waals surface area contributed by atoms with Gasteiger partial charge in [-0.1, -0.05) is 109 Å². The number of dihydropyridines is 1. The number of aromatic nitrogens is 4. The summed E-state index contributed by atoms with van der Waals surface area (Å²) < 4.78 is 0. The lowest BCUT2D eigenvalue weighted by molar-refractivity contribution is 0.984. The fourth-order valence-electron chi connectivity index (χ4n) is 6.58. The number of rotatable bonds is 4. The molecule has 0 unspecified atom stereocenters. The Morgan fingerprint density at radius 2 is 1.02 bits per heavy atom. The molecule has 3 heterocycles. The monoisotopic (exact) mass is 589 g/mol. The van der Waals surface area contributed by atoms with Crippen LogP contribution < -0.4 is 5.32 Å². The minimum atomic E-state index is 0.539. The molecular weight excluding hydrogens is 562 g/mol. The average Bonchev–Trinajstić information content (AvgIpc) is 3.14. The van der Waals surface area contributed by atoms with E-state index in [1.165, 1.54) is 27.1 Å². The van der Waals surface area contributed by atoms with Gasteiger partial charge in [0.1, 0.15) is 5.69 Å². The van der Waals surface area contributed by atoms with E-state index in [4.69, 9.17) is 19.9 Å². The Kier molecular flexibility index (Phi) is 6.13. The van der Waals surface area contributed by atoms with E-state index in [-0.39, 0.29) is 0 Å². The van der Waals surface area contributed by atoms with Crippen molar-refractivity contribution in [3.8, 4) is 34.3 Å². The van der Waals surface area contributed by atoms with Gasteiger partial charge in [-0.15, -0.1) is 0 Å². The molecule has 0 atom stereocenters. The molecule has 0 fully saturated rings. The highest BCUT2D eigenvalue weighted by molar-refractivity contribution is 6.14. The second-order valence-electron chi connectivity index (χ2n) is 11.6. The maximum Gasteiger partial charge on any atom is 0.182 e. The molecule has 0 radical (unpaired) electrons. The molecule has 1 N–H and O–H groups in total. The van der Waals surface area contributed by atoms with Crippen LogP contribution in [-0.4, -0.2) is 26.5 Å². The van der Waals surface area contributed by atoms with Crippen molar-refractivity contribution >= 4 is 48.7 Å². The van der Waals surface area contributed by atoms with Crippen LogP contribution in [0.15, 0.2) is 146 Å². The number of pyridine rings is 1. The van der Waals surface area contributed by atoms with Crippen LogP contribution in [-0.2, 0) is 0 Å². The minimum absolute atomic E-state index is 0.539. The molecule has 216 valence electrons. The molecule has 5 heteroatoms. The van der Waals surface area contributed by atoms with Crippen molar-refractivity contribution in [3.63, 3.8) is 0 Å². The SMILES string of the molecule is C1=CNCC(c2ccc(-c3nc(-c4cc5ccccc5c5ccccc45)nc(-c4cc5ccccc5c5ccccc45)n3)nc2)=C1. The van der Waals surface area contributed by atoms with Crippen LogP contribution in [0.3, 0.4) is 0 Å². The zero-order chi connectivity index (χ0) is 30.5. The molecule has 46 heavy (non-hydrogen) atoms. The standard InChI is InChI=1S/C41H27N5/c1-3-13-30-26(10-1)22-36(34-17-7-5-15-32(30)34)39-44-40(37-23-27-11-2-4-14-31(27)33-16-6-8-18-35(33)37)46-41(45-39)38-20-19-29(25-43-38)28-12-9-21-42-24-28/h1-23,25,42H,24H2. The summed E-state index contributed by atoms with van der Waals surface area (Å²) >= 11 is 0. The van der Waals surface area contributed by atoms with E-state index in [1.807, 2.05) is 24.5 Å². The molecule has 0 aliphatic carbocycles. The van der Waals surface area contributed by atoms with E-state index in [0.29, 0.717) is 23.2 Å². The molecule has 1 aliphatic heterocycles. The average molecular weight is 590 g/mol. The summed E-state index contributed by atoms with van der Waals surface area (Å²) in [4.78, 5) is 20.3. The number of nitrogens with zero attached hydrogens (tertiary/aromatic N) is 4. The summed E-state index contributed by atoms with van der Waals surface area (Å²) in [7, 11) is 0. The molecule has 8 aromatic rings. The lowest BCUT2D eigenvalue weighted by Crippen LogP contribution is -2.11. The normalized spacial score (nSPS) is 12.9. The number of hydrogen-bond donors (Lipinski definition) is 1. The van der Waals surface area contributed by atoms with Crippen LogP contribution in [0.5, 0.6) is 0 Å². The maximum atomic E-state index is 5.23. The second kappa shape index (κ2) is 10.8. The number of fused-ring (bicyclic) bond motifs is 6. The third kappa shape index (κ3) is 4.41. The van der Waals surface area contributed by atoms with Crippen LogP contribution in [0.4, 0.5) is 0 Å². The molecule has 2 aromatic heterocycles.